The number of nitrogens with one attached hydrogen (secondary N) is 3. The summed E-state index contributed by atoms with van der Waals surface area (Å²) in [5, 5.41) is 7.76. The number of carbonyl (C=O) groups excluding carboxylic acids is 2. The van der Waals surface area contributed by atoms with Gasteiger partial charge in [0.05, 0.1) is 0 Å². The molecule has 0 fully saturated rings. The quantitative estimate of drug-likeness (QED) is 0.595. The maximum Gasteiger partial charge on any atom is 0.314 e. The summed E-state index contributed by atoms with van der Waals surface area (Å²) in [6.07, 6.45) is 1.23. The summed E-state index contributed by atoms with van der Waals surface area (Å²) < 4.78 is 0. The van der Waals surface area contributed by atoms with Crippen LogP contribution < -0.4 is 16.0 Å². The average molecular weight is 201 g/mol. The predicted molar refractivity (Wildman–Crippen MR) is 55.0 cm³/mol. The van der Waals surface area contributed by atoms with E-state index in [4.69, 9.17) is 0 Å². The summed E-state index contributed by atoms with van der Waals surface area (Å²) >= 11 is 0. The van der Waals surface area contributed by atoms with Crippen LogP contribution in [0.4, 0.5) is 4.79 Å². The Morgan fingerprint density at radius 2 is 2.00 bits per heavy atom. The summed E-state index contributed by atoms with van der Waals surface area (Å²) in [6.45, 7) is 4.32. The topological polar surface area (TPSA) is 70.2 Å². The maximum atomic E-state index is 11.2. The molecule has 0 spiro atoms. The number of rotatable bonds is 5. The van der Waals surface area contributed by atoms with E-state index in [9.17, 15) is 9.59 Å². The van der Waals surface area contributed by atoms with Crippen LogP contribution in [0, 0.1) is 0 Å². The van der Waals surface area contributed by atoms with Crippen molar-refractivity contribution in [3.05, 3.63) is 0 Å². The highest BCUT2D eigenvalue weighted by molar-refractivity contribution is 5.78. The zero-order valence-electron chi connectivity index (χ0n) is 9.02. The molecule has 0 aliphatic heterocycles. The standard InChI is InChI=1S/C9H19N3O2/c1-4-7(2)12-8(13)5-6-11-9(14)10-3/h7H,4-6H2,1-3H3,(H,12,13)(H2,10,11,14). The van der Waals surface area contributed by atoms with E-state index in [0.29, 0.717) is 13.0 Å². The molecule has 0 bridgehead atoms. The van der Waals surface area contributed by atoms with Crippen LogP contribution in [-0.4, -0.2) is 31.6 Å². The first-order chi connectivity index (χ1) is 6.60. The second kappa shape index (κ2) is 7.17. The van der Waals surface area contributed by atoms with E-state index in [0.717, 1.165) is 6.42 Å². The average Bonchev–Trinajstić information content (AvgIpc) is 2.17. The fraction of sp³-hybridized carbons (Fsp3) is 0.778. The first-order valence-electron chi connectivity index (χ1n) is 4.85. The number of hydrogen-bond acceptors (Lipinski definition) is 2. The lowest BCUT2D eigenvalue weighted by molar-refractivity contribution is -0.121. The number of urea groups is 1. The van der Waals surface area contributed by atoms with E-state index in [-0.39, 0.29) is 18.0 Å². The van der Waals surface area contributed by atoms with Gasteiger partial charge in [-0.1, -0.05) is 6.92 Å². The SMILES string of the molecule is CCC(C)NC(=O)CCNC(=O)NC. The Labute approximate surface area is 84.6 Å². The Balaban J connectivity index is 3.49. The molecule has 3 amide bonds. The Bertz CT molecular complexity index is 194. The molecule has 3 N–H and O–H groups in total. The molecule has 0 rings (SSSR count). The summed E-state index contributed by atoms with van der Waals surface area (Å²) in [4.78, 5) is 21.9. The Morgan fingerprint density at radius 1 is 1.36 bits per heavy atom. The third kappa shape index (κ3) is 6.28. The second-order valence-electron chi connectivity index (χ2n) is 3.13. The molecule has 0 heterocycles. The van der Waals surface area contributed by atoms with E-state index < -0.39 is 0 Å². The van der Waals surface area contributed by atoms with Crippen molar-refractivity contribution in [2.45, 2.75) is 32.7 Å². The Hall–Kier alpha value is -1.26. The molecule has 0 radical (unpaired) electrons. The van der Waals surface area contributed by atoms with E-state index >= 15 is 0 Å². The number of carbonyl (C=O) groups is 2. The molecule has 0 aliphatic rings. The Morgan fingerprint density at radius 3 is 2.50 bits per heavy atom. The van der Waals surface area contributed by atoms with Crippen molar-refractivity contribution >= 4 is 11.9 Å². The molecule has 0 aliphatic carbocycles. The largest absolute Gasteiger partial charge is 0.354 e. The minimum absolute atomic E-state index is 0.0317. The van der Waals surface area contributed by atoms with Crippen molar-refractivity contribution in [2.75, 3.05) is 13.6 Å². The molecule has 0 aromatic rings. The zero-order chi connectivity index (χ0) is 11.0. The van der Waals surface area contributed by atoms with Crippen molar-refractivity contribution < 1.29 is 9.59 Å². The highest BCUT2D eigenvalue weighted by Gasteiger charge is 2.05. The van der Waals surface area contributed by atoms with E-state index in [1.807, 2.05) is 13.8 Å². The van der Waals surface area contributed by atoms with Crippen molar-refractivity contribution in [1.29, 1.82) is 0 Å². The van der Waals surface area contributed by atoms with E-state index in [2.05, 4.69) is 16.0 Å². The first kappa shape index (κ1) is 12.7. The van der Waals surface area contributed by atoms with Crippen LogP contribution in [0.3, 0.4) is 0 Å². The van der Waals surface area contributed by atoms with Gasteiger partial charge in [0.25, 0.3) is 0 Å². The van der Waals surface area contributed by atoms with Gasteiger partial charge in [-0.2, -0.15) is 0 Å². The minimum atomic E-state index is -0.263. The van der Waals surface area contributed by atoms with Gasteiger partial charge in [-0.3, -0.25) is 4.79 Å². The van der Waals surface area contributed by atoms with Crippen LogP contribution in [0.5, 0.6) is 0 Å². The van der Waals surface area contributed by atoms with Crippen molar-refractivity contribution in [1.82, 2.24) is 16.0 Å². The second-order valence-corrected chi connectivity index (χ2v) is 3.13. The van der Waals surface area contributed by atoms with Gasteiger partial charge in [-0.15, -0.1) is 0 Å². The fourth-order valence-electron chi connectivity index (χ4n) is 0.827. The van der Waals surface area contributed by atoms with Gasteiger partial charge in [0.1, 0.15) is 0 Å². The van der Waals surface area contributed by atoms with Gasteiger partial charge in [0.2, 0.25) is 5.91 Å². The molecule has 1 unspecified atom stereocenters. The van der Waals surface area contributed by atoms with Crippen LogP contribution in [0.25, 0.3) is 0 Å². The van der Waals surface area contributed by atoms with Crippen LogP contribution in [0.15, 0.2) is 0 Å². The molecular formula is C9H19N3O2. The lowest BCUT2D eigenvalue weighted by Gasteiger charge is -2.11. The third-order valence-electron chi connectivity index (χ3n) is 1.88. The van der Waals surface area contributed by atoms with Crippen LogP contribution >= 0.6 is 0 Å². The number of amides is 3. The molecule has 5 nitrogen and oxygen atoms in total. The van der Waals surface area contributed by atoms with Crippen LogP contribution in [0.2, 0.25) is 0 Å². The molecule has 14 heavy (non-hydrogen) atoms. The minimum Gasteiger partial charge on any atom is -0.354 e. The summed E-state index contributed by atoms with van der Waals surface area (Å²) in [5.74, 6) is -0.0317. The monoisotopic (exact) mass is 201 g/mol. The summed E-state index contributed by atoms with van der Waals surface area (Å²) in [7, 11) is 1.54. The first-order valence-corrected chi connectivity index (χ1v) is 4.85. The van der Waals surface area contributed by atoms with Crippen LogP contribution in [-0.2, 0) is 4.79 Å². The summed E-state index contributed by atoms with van der Waals surface area (Å²) in [5.41, 5.74) is 0. The molecule has 0 aromatic heterocycles. The van der Waals surface area contributed by atoms with Crippen LogP contribution in [0.1, 0.15) is 26.7 Å². The smallest absolute Gasteiger partial charge is 0.314 e. The summed E-state index contributed by atoms with van der Waals surface area (Å²) in [6, 6.07) is -0.0659. The molecule has 5 heteroatoms. The van der Waals surface area contributed by atoms with Crippen molar-refractivity contribution in [3.8, 4) is 0 Å². The zero-order valence-corrected chi connectivity index (χ0v) is 9.02. The number of hydrogen-bond donors (Lipinski definition) is 3. The van der Waals surface area contributed by atoms with Crippen molar-refractivity contribution in [2.24, 2.45) is 0 Å². The molecule has 0 aromatic carbocycles. The van der Waals surface area contributed by atoms with Gasteiger partial charge in [-0.05, 0) is 13.3 Å². The highest BCUT2D eigenvalue weighted by atomic mass is 16.2. The van der Waals surface area contributed by atoms with Gasteiger partial charge < -0.3 is 16.0 Å². The Kier molecular flexibility index (Phi) is 6.53. The van der Waals surface area contributed by atoms with Crippen molar-refractivity contribution in [3.63, 3.8) is 0 Å². The fourth-order valence-corrected chi connectivity index (χ4v) is 0.827. The third-order valence-corrected chi connectivity index (χ3v) is 1.88. The van der Waals surface area contributed by atoms with Gasteiger partial charge in [-0.25, -0.2) is 4.79 Å². The lowest BCUT2D eigenvalue weighted by atomic mass is 10.2. The highest BCUT2D eigenvalue weighted by Crippen LogP contribution is 1.88. The normalized spacial score (nSPS) is 11.6. The maximum absolute atomic E-state index is 11.2. The molecule has 0 saturated carbocycles. The van der Waals surface area contributed by atoms with Gasteiger partial charge in [0.15, 0.2) is 0 Å². The van der Waals surface area contributed by atoms with E-state index in [1.165, 1.54) is 7.05 Å². The predicted octanol–water partition coefficient (Wildman–Crippen LogP) is 0.220. The molecule has 1 atom stereocenters. The molecule has 0 saturated heterocycles. The lowest BCUT2D eigenvalue weighted by Crippen LogP contribution is -2.37. The van der Waals surface area contributed by atoms with E-state index in [1.54, 1.807) is 0 Å². The molecular weight excluding hydrogens is 182 g/mol. The molecule has 82 valence electrons. The van der Waals surface area contributed by atoms with Gasteiger partial charge in [0, 0.05) is 26.1 Å². The van der Waals surface area contributed by atoms with Gasteiger partial charge >= 0.3 is 6.03 Å².